The summed E-state index contributed by atoms with van der Waals surface area (Å²) in [5, 5.41) is 12.9. The van der Waals surface area contributed by atoms with Gasteiger partial charge in [-0.25, -0.2) is 4.79 Å². The standard InChI is InChI=1S/C12H12N2O5/c1-8(15)13-11(12(16)19-2)7-9-4-3-5-10(6-9)14(17)18/h3-7H,1-2H3,(H,13,15)/b11-7-. The van der Waals surface area contributed by atoms with Crippen molar-refractivity contribution in [1.29, 1.82) is 0 Å². The molecule has 0 spiro atoms. The highest BCUT2D eigenvalue weighted by atomic mass is 16.6. The summed E-state index contributed by atoms with van der Waals surface area (Å²) < 4.78 is 4.51. The van der Waals surface area contributed by atoms with Gasteiger partial charge in [0.05, 0.1) is 12.0 Å². The van der Waals surface area contributed by atoms with Gasteiger partial charge in [-0.1, -0.05) is 12.1 Å². The summed E-state index contributed by atoms with van der Waals surface area (Å²) in [7, 11) is 1.17. The van der Waals surface area contributed by atoms with E-state index < -0.39 is 16.8 Å². The van der Waals surface area contributed by atoms with E-state index in [1.165, 1.54) is 38.3 Å². The summed E-state index contributed by atoms with van der Waals surface area (Å²) in [6.07, 6.45) is 1.31. The molecule has 1 N–H and O–H groups in total. The third-order valence-corrected chi connectivity index (χ3v) is 2.11. The van der Waals surface area contributed by atoms with E-state index >= 15 is 0 Å². The quantitative estimate of drug-likeness (QED) is 0.382. The Bertz CT molecular complexity index is 551. The molecule has 1 rings (SSSR count). The second-order valence-electron chi connectivity index (χ2n) is 3.58. The van der Waals surface area contributed by atoms with Crippen LogP contribution in [0.4, 0.5) is 5.69 Å². The molecule has 0 aromatic heterocycles. The normalized spacial score (nSPS) is 10.7. The number of esters is 1. The third kappa shape index (κ3) is 4.23. The molecule has 1 amide bonds. The molecule has 0 aliphatic rings. The molecular formula is C12H12N2O5. The molecule has 7 nitrogen and oxygen atoms in total. The summed E-state index contributed by atoms with van der Waals surface area (Å²) in [5.74, 6) is -1.18. The zero-order valence-electron chi connectivity index (χ0n) is 10.4. The first-order valence-electron chi connectivity index (χ1n) is 5.26. The van der Waals surface area contributed by atoms with E-state index in [2.05, 4.69) is 10.1 Å². The molecule has 19 heavy (non-hydrogen) atoms. The van der Waals surface area contributed by atoms with Crippen LogP contribution in [0.2, 0.25) is 0 Å². The number of nitro groups is 1. The van der Waals surface area contributed by atoms with Crippen molar-refractivity contribution in [3.63, 3.8) is 0 Å². The molecule has 0 unspecified atom stereocenters. The summed E-state index contributed by atoms with van der Waals surface area (Å²) >= 11 is 0. The van der Waals surface area contributed by atoms with Crippen LogP contribution >= 0.6 is 0 Å². The molecular weight excluding hydrogens is 252 g/mol. The number of carbonyl (C=O) groups is 2. The van der Waals surface area contributed by atoms with Gasteiger partial charge in [-0.15, -0.1) is 0 Å². The lowest BCUT2D eigenvalue weighted by Crippen LogP contribution is -2.25. The van der Waals surface area contributed by atoms with Crippen LogP contribution in [0.3, 0.4) is 0 Å². The zero-order valence-corrected chi connectivity index (χ0v) is 10.4. The number of amides is 1. The van der Waals surface area contributed by atoms with E-state index in [1.807, 2.05) is 0 Å². The summed E-state index contributed by atoms with van der Waals surface area (Å²) in [6, 6.07) is 5.66. The fraction of sp³-hybridized carbons (Fsp3) is 0.167. The number of hydrogen-bond donors (Lipinski definition) is 1. The molecule has 0 radical (unpaired) electrons. The molecule has 0 fully saturated rings. The SMILES string of the molecule is COC(=O)/C(=C/c1cccc([N+](=O)[O-])c1)NC(C)=O. The van der Waals surface area contributed by atoms with Gasteiger partial charge in [0, 0.05) is 19.1 Å². The van der Waals surface area contributed by atoms with Crippen molar-refractivity contribution < 1.29 is 19.2 Å². The van der Waals surface area contributed by atoms with E-state index in [9.17, 15) is 19.7 Å². The van der Waals surface area contributed by atoms with Gasteiger partial charge in [0.25, 0.3) is 5.69 Å². The number of methoxy groups -OCH3 is 1. The number of nitrogens with zero attached hydrogens (tertiary/aromatic N) is 1. The highest BCUT2D eigenvalue weighted by Crippen LogP contribution is 2.15. The van der Waals surface area contributed by atoms with Crippen molar-refractivity contribution in [2.24, 2.45) is 0 Å². The third-order valence-electron chi connectivity index (χ3n) is 2.11. The summed E-state index contributed by atoms with van der Waals surface area (Å²) in [4.78, 5) is 32.5. The van der Waals surface area contributed by atoms with Crippen LogP contribution in [-0.2, 0) is 14.3 Å². The number of nitrogens with one attached hydrogen (secondary N) is 1. The van der Waals surface area contributed by atoms with E-state index in [0.717, 1.165) is 0 Å². The molecule has 0 saturated heterocycles. The average molecular weight is 264 g/mol. The van der Waals surface area contributed by atoms with Crippen LogP contribution in [0.5, 0.6) is 0 Å². The Labute approximate surface area is 109 Å². The van der Waals surface area contributed by atoms with E-state index in [0.29, 0.717) is 5.56 Å². The number of carbonyl (C=O) groups excluding carboxylic acids is 2. The monoisotopic (exact) mass is 264 g/mol. The predicted molar refractivity (Wildman–Crippen MR) is 66.9 cm³/mol. The van der Waals surface area contributed by atoms with E-state index in [1.54, 1.807) is 6.07 Å². The van der Waals surface area contributed by atoms with Crippen LogP contribution in [0, 0.1) is 10.1 Å². The minimum absolute atomic E-state index is 0.0875. The van der Waals surface area contributed by atoms with Crippen molar-refractivity contribution in [1.82, 2.24) is 5.32 Å². The molecule has 0 heterocycles. The molecule has 0 bridgehead atoms. The first kappa shape index (κ1) is 14.4. The first-order chi connectivity index (χ1) is 8.93. The lowest BCUT2D eigenvalue weighted by molar-refractivity contribution is -0.384. The molecule has 0 aliphatic carbocycles. The maximum atomic E-state index is 11.4. The van der Waals surface area contributed by atoms with Gasteiger partial charge in [-0.3, -0.25) is 14.9 Å². The molecule has 0 aliphatic heterocycles. The molecule has 1 aromatic rings. The van der Waals surface area contributed by atoms with Crippen molar-refractivity contribution in [2.45, 2.75) is 6.92 Å². The van der Waals surface area contributed by atoms with Gasteiger partial charge in [0.2, 0.25) is 5.91 Å². The maximum Gasteiger partial charge on any atom is 0.354 e. The Morgan fingerprint density at radius 3 is 2.63 bits per heavy atom. The van der Waals surface area contributed by atoms with Gasteiger partial charge in [0.15, 0.2) is 0 Å². The molecule has 0 saturated carbocycles. The first-order valence-corrected chi connectivity index (χ1v) is 5.26. The highest BCUT2D eigenvalue weighted by Gasteiger charge is 2.12. The van der Waals surface area contributed by atoms with Crippen molar-refractivity contribution >= 4 is 23.6 Å². The van der Waals surface area contributed by atoms with Gasteiger partial charge >= 0.3 is 5.97 Å². The number of rotatable bonds is 4. The summed E-state index contributed by atoms with van der Waals surface area (Å²) in [6.45, 7) is 1.24. The lowest BCUT2D eigenvalue weighted by atomic mass is 10.1. The van der Waals surface area contributed by atoms with Gasteiger partial charge < -0.3 is 10.1 Å². The van der Waals surface area contributed by atoms with Crippen molar-refractivity contribution in [2.75, 3.05) is 7.11 Å². The summed E-state index contributed by atoms with van der Waals surface area (Å²) in [5.41, 5.74) is 0.208. The Hall–Kier alpha value is -2.70. The molecule has 0 atom stereocenters. The van der Waals surface area contributed by atoms with Crippen LogP contribution in [0.1, 0.15) is 12.5 Å². The Morgan fingerprint density at radius 1 is 1.42 bits per heavy atom. The average Bonchev–Trinajstić information content (AvgIpc) is 2.36. The Kier molecular flexibility index (Phi) is 4.76. The zero-order chi connectivity index (χ0) is 14.4. The van der Waals surface area contributed by atoms with Crippen molar-refractivity contribution in [3.05, 3.63) is 45.6 Å². The number of hydrogen-bond acceptors (Lipinski definition) is 5. The smallest absolute Gasteiger partial charge is 0.354 e. The van der Waals surface area contributed by atoms with Crippen LogP contribution in [0.25, 0.3) is 6.08 Å². The number of nitro benzene ring substituents is 1. The lowest BCUT2D eigenvalue weighted by Gasteiger charge is -2.05. The van der Waals surface area contributed by atoms with E-state index in [-0.39, 0.29) is 11.4 Å². The fourth-order valence-corrected chi connectivity index (χ4v) is 1.34. The fourth-order valence-electron chi connectivity index (χ4n) is 1.34. The second-order valence-corrected chi connectivity index (χ2v) is 3.58. The molecule has 7 heteroatoms. The molecule has 1 aromatic carbocycles. The Balaban J connectivity index is 3.13. The number of benzene rings is 1. The van der Waals surface area contributed by atoms with Crippen LogP contribution in [0.15, 0.2) is 30.0 Å². The van der Waals surface area contributed by atoms with E-state index in [4.69, 9.17) is 0 Å². The Morgan fingerprint density at radius 2 is 2.11 bits per heavy atom. The van der Waals surface area contributed by atoms with Crippen molar-refractivity contribution in [3.8, 4) is 0 Å². The van der Waals surface area contributed by atoms with Crippen LogP contribution in [-0.4, -0.2) is 23.9 Å². The van der Waals surface area contributed by atoms with Gasteiger partial charge in [-0.05, 0) is 11.6 Å². The van der Waals surface area contributed by atoms with Crippen LogP contribution < -0.4 is 5.32 Å². The maximum absolute atomic E-state index is 11.4. The predicted octanol–water partition coefficient (Wildman–Crippen LogP) is 1.24. The number of non-ortho nitro benzene ring substituents is 1. The topological polar surface area (TPSA) is 98.5 Å². The van der Waals surface area contributed by atoms with Gasteiger partial charge in [0.1, 0.15) is 5.70 Å². The number of ether oxygens (including phenoxy) is 1. The van der Waals surface area contributed by atoms with Gasteiger partial charge in [-0.2, -0.15) is 0 Å². The minimum atomic E-state index is -0.735. The second kappa shape index (κ2) is 6.29. The largest absolute Gasteiger partial charge is 0.464 e. The minimum Gasteiger partial charge on any atom is -0.464 e. The highest BCUT2D eigenvalue weighted by molar-refractivity contribution is 5.97. The molecule has 100 valence electrons.